The molecule has 0 aliphatic heterocycles. The summed E-state index contributed by atoms with van der Waals surface area (Å²) in [4.78, 5) is 0.0674. The highest BCUT2D eigenvalue weighted by molar-refractivity contribution is 7.86. The molecule has 0 unspecified atom stereocenters. The van der Waals surface area contributed by atoms with Gasteiger partial charge in [0.05, 0.1) is 23.2 Å². The van der Waals surface area contributed by atoms with E-state index in [0.29, 0.717) is 6.42 Å². The minimum absolute atomic E-state index is 0.0674. The lowest BCUT2D eigenvalue weighted by Crippen LogP contribution is -2.24. The lowest BCUT2D eigenvalue weighted by atomic mass is 10.0. The van der Waals surface area contributed by atoms with Gasteiger partial charge in [-0.3, -0.25) is 4.18 Å². The highest BCUT2D eigenvalue weighted by atomic mass is 32.2. The van der Waals surface area contributed by atoms with Gasteiger partial charge in [0.15, 0.2) is 0 Å². The number of hydrogen-bond acceptors (Lipinski definition) is 5. The molecule has 0 spiro atoms. The minimum atomic E-state index is -3.85. The first kappa shape index (κ1) is 17.1. The smallest absolute Gasteiger partial charge is 0.297 e. The first-order chi connectivity index (χ1) is 9.10. The number of aryl methyl sites for hydroxylation is 1. The maximum Gasteiger partial charge on any atom is 0.297 e. The van der Waals surface area contributed by atoms with Crippen molar-refractivity contribution < 1.29 is 22.8 Å². The molecule has 2 N–H and O–H groups in total. The van der Waals surface area contributed by atoms with E-state index in [1.54, 1.807) is 26.0 Å². The Balaban J connectivity index is 2.53. The van der Waals surface area contributed by atoms with Crippen LogP contribution in [0.5, 0.6) is 0 Å². The zero-order valence-electron chi connectivity index (χ0n) is 12.0. The van der Waals surface area contributed by atoms with E-state index >= 15 is 0 Å². The average molecular weight is 302 g/mol. The zero-order valence-corrected chi connectivity index (χ0v) is 12.9. The Morgan fingerprint density at radius 2 is 1.80 bits per heavy atom. The third-order valence-electron chi connectivity index (χ3n) is 2.81. The van der Waals surface area contributed by atoms with E-state index in [9.17, 15) is 18.6 Å². The second-order valence-electron chi connectivity index (χ2n) is 5.56. The fraction of sp³-hybridized carbons (Fsp3) is 0.571. The summed E-state index contributed by atoms with van der Waals surface area (Å²) in [5.41, 5.74) is 0.0609. The molecule has 114 valence electrons. The number of hydrogen-bond donors (Lipinski definition) is 2. The van der Waals surface area contributed by atoms with Crippen molar-refractivity contribution in [3.05, 3.63) is 29.8 Å². The molecule has 0 amide bonds. The largest absolute Gasteiger partial charge is 0.391 e. The molecule has 0 fully saturated rings. The van der Waals surface area contributed by atoms with Crippen LogP contribution in [0, 0.1) is 6.92 Å². The van der Waals surface area contributed by atoms with Crippen LogP contribution in [0.15, 0.2) is 29.2 Å². The number of aliphatic hydroxyl groups is 2. The van der Waals surface area contributed by atoms with Gasteiger partial charge in [0.25, 0.3) is 10.1 Å². The zero-order chi connectivity index (χ0) is 15.4. The molecule has 0 aliphatic rings. The Morgan fingerprint density at radius 1 is 1.25 bits per heavy atom. The molecule has 0 saturated heterocycles. The highest BCUT2D eigenvalue weighted by Gasteiger charge is 2.19. The molecule has 0 saturated carbocycles. The van der Waals surface area contributed by atoms with Crippen molar-refractivity contribution in [3.63, 3.8) is 0 Å². The third kappa shape index (κ3) is 6.00. The molecular weight excluding hydrogens is 280 g/mol. The SMILES string of the molecule is Cc1ccc(S(=O)(=O)OC[C@@H](O)CCC(C)(C)O)cc1. The Morgan fingerprint density at radius 3 is 2.30 bits per heavy atom. The molecule has 1 atom stereocenters. The summed E-state index contributed by atoms with van der Waals surface area (Å²) >= 11 is 0. The van der Waals surface area contributed by atoms with Gasteiger partial charge in [0.2, 0.25) is 0 Å². The van der Waals surface area contributed by atoms with Crippen molar-refractivity contribution in [1.82, 2.24) is 0 Å². The van der Waals surface area contributed by atoms with Gasteiger partial charge < -0.3 is 10.2 Å². The predicted octanol–water partition coefficient (Wildman–Crippen LogP) is 1.61. The van der Waals surface area contributed by atoms with E-state index in [1.807, 2.05) is 6.92 Å². The molecule has 1 aromatic rings. The number of benzene rings is 1. The Hall–Kier alpha value is -0.950. The molecule has 1 aromatic carbocycles. The summed E-state index contributed by atoms with van der Waals surface area (Å²) in [7, 11) is -3.85. The van der Waals surface area contributed by atoms with Crippen molar-refractivity contribution in [1.29, 1.82) is 0 Å². The summed E-state index contributed by atoms with van der Waals surface area (Å²) in [5, 5.41) is 19.2. The second kappa shape index (κ2) is 6.67. The third-order valence-corrected chi connectivity index (χ3v) is 4.11. The molecule has 0 aliphatic carbocycles. The molecular formula is C14H22O5S. The summed E-state index contributed by atoms with van der Waals surface area (Å²) < 4.78 is 28.6. The summed E-state index contributed by atoms with van der Waals surface area (Å²) in [6.07, 6.45) is -0.295. The van der Waals surface area contributed by atoms with E-state index in [1.165, 1.54) is 12.1 Å². The van der Waals surface area contributed by atoms with Gasteiger partial charge in [-0.25, -0.2) is 0 Å². The molecule has 6 heteroatoms. The molecule has 0 radical (unpaired) electrons. The lowest BCUT2D eigenvalue weighted by molar-refractivity contribution is 0.0373. The Kier molecular flexibility index (Phi) is 5.70. The lowest BCUT2D eigenvalue weighted by Gasteiger charge is -2.19. The van der Waals surface area contributed by atoms with Crippen molar-refractivity contribution in [2.45, 2.75) is 50.2 Å². The van der Waals surface area contributed by atoms with Gasteiger partial charge in [0.1, 0.15) is 0 Å². The summed E-state index contributed by atoms with van der Waals surface area (Å²) in [5.74, 6) is 0. The standard InChI is InChI=1S/C14H22O5S/c1-11-4-6-13(7-5-11)20(17,18)19-10-12(15)8-9-14(2,3)16/h4-7,12,15-16H,8-10H2,1-3H3/t12-/m0/s1. The molecule has 0 bridgehead atoms. The molecule has 0 heterocycles. The van der Waals surface area contributed by atoms with E-state index in [-0.39, 0.29) is 17.9 Å². The van der Waals surface area contributed by atoms with Crippen molar-refractivity contribution in [2.75, 3.05) is 6.61 Å². The maximum atomic E-state index is 11.9. The van der Waals surface area contributed by atoms with Crippen LogP contribution in [-0.2, 0) is 14.3 Å². The van der Waals surface area contributed by atoms with Crippen LogP contribution in [-0.4, -0.2) is 36.9 Å². The number of rotatable bonds is 7. The first-order valence-corrected chi connectivity index (χ1v) is 7.87. The predicted molar refractivity (Wildman–Crippen MR) is 75.9 cm³/mol. The van der Waals surface area contributed by atoms with Crippen LogP contribution in [0.1, 0.15) is 32.3 Å². The van der Waals surface area contributed by atoms with Crippen LogP contribution in [0.25, 0.3) is 0 Å². The highest BCUT2D eigenvalue weighted by Crippen LogP contribution is 2.16. The average Bonchev–Trinajstić information content (AvgIpc) is 2.34. The van der Waals surface area contributed by atoms with E-state index < -0.39 is 21.8 Å². The van der Waals surface area contributed by atoms with Crippen LogP contribution in [0.4, 0.5) is 0 Å². The van der Waals surface area contributed by atoms with Crippen molar-refractivity contribution >= 4 is 10.1 Å². The van der Waals surface area contributed by atoms with Crippen LogP contribution in [0.3, 0.4) is 0 Å². The Labute approximate surface area is 120 Å². The van der Waals surface area contributed by atoms with E-state index in [2.05, 4.69) is 0 Å². The quantitative estimate of drug-likeness (QED) is 0.748. The van der Waals surface area contributed by atoms with Gasteiger partial charge in [0, 0.05) is 0 Å². The molecule has 5 nitrogen and oxygen atoms in total. The topological polar surface area (TPSA) is 83.8 Å². The summed E-state index contributed by atoms with van der Waals surface area (Å²) in [6, 6.07) is 6.30. The van der Waals surface area contributed by atoms with Crippen LogP contribution >= 0.6 is 0 Å². The minimum Gasteiger partial charge on any atom is -0.391 e. The monoisotopic (exact) mass is 302 g/mol. The fourth-order valence-corrected chi connectivity index (χ4v) is 2.49. The van der Waals surface area contributed by atoms with E-state index in [4.69, 9.17) is 4.18 Å². The fourth-order valence-electron chi connectivity index (χ4n) is 1.54. The van der Waals surface area contributed by atoms with Crippen LogP contribution in [0.2, 0.25) is 0 Å². The Bertz CT molecular complexity index is 513. The van der Waals surface area contributed by atoms with Crippen molar-refractivity contribution in [2.24, 2.45) is 0 Å². The second-order valence-corrected chi connectivity index (χ2v) is 7.17. The van der Waals surface area contributed by atoms with Gasteiger partial charge in [-0.15, -0.1) is 0 Å². The van der Waals surface area contributed by atoms with Gasteiger partial charge in [-0.2, -0.15) is 8.42 Å². The first-order valence-electron chi connectivity index (χ1n) is 6.47. The van der Waals surface area contributed by atoms with Crippen molar-refractivity contribution in [3.8, 4) is 0 Å². The molecule has 1 rings (SSSR count). The summed E-state index contributed by atoms with van der Waals surface area (Å²) in [6.45, 7) is 4.80. The van der Waals surface area contributed by atoms with Gasteiger partial charge >= 0.3 is 0 Å². The number of aliphatic hydroxyl groups excluding tert-OH is 1. The molecule has 20 heavy (non-hydrogen) atoms. The normalized spacial score (nSPS) is 14.2. The van der Waals surface area contributed by atoms with Crippen LogP contribution < -0.4 is 0 Å². The van der Waals surface area contributed by atoms with Gasteiger partial charge in [-0.1, -0.05) is 17.7 Å². The maximum absolute atomic E-state index is 11.9. The van der Waals surface area contributed by atoms with Gasteiger partial charge in [-0.05, 0) is 45.7 Å². The van der Waals surface area contributed by atoms with E-state index in [0.717, 1.165) is 5.56 Å². The molecule has 0 aromatic heterocycles.